The molecule has 1 unspecified atom stereocenters. The molecule has 0 fully saturated rings. The molecule has 8 nitrogen and oxygen atoms in total. The van der Waals surface area contributed by atoms with Crippen LogP contribution in [0.4, 0.5) is 4.79 Å². The zero-order valence-electron chi connectivity index (χ0n) is 20.7. The third-order valence-electron chi connectivity index (χ3n) is 6.43. The van der Waals surface area contributed by atoms with Gasteiger partial charge in [-0.1, -0.05) is 69.3 Å². The first-order valence-corrected chi connectivity index (χ1v) is 11.9. The van der Waals surface area contributed by atoms with Crippen molar-refractivity contribution in [1.82, 2.24) is 10.6 Å². The highest BCUT2D eigenvalue weighted by atomic mass is 16.5. The van der Waals surface area contributed by atoms with Crippen LogP contribution in [0.1, 0.15) is 50.7 Å². The van der Waals surface area contributed by atoms with E-state index in [1.54, 1.807) is 6.92 Å². The predicted octanol–water partition coefficient (Wildman–Crippen LogP) is 3.94. The van der Waals surface area contributed by atoms with Crippen LogP contribution in [0.15, 0.2) is 48.5 Å². The van der Waals surface area contributed by atoms with Crippen LogP contribution in [0.5, 0.6) is 0 Å². The lowest BCUT2D eigenvalue weighted by molar-refractivity contribution is -0.150. The van der Waals surface area contributed by atoms with Crippen LogP contribution >= 0.6 is 0 Å². The minimum Gasteiger partial charge on any atom is -0.479 e. The van der Waals surface area contributed by atoms with Crippen LogP contribution in [0.2, 0.25) is 0 Å². The number of carbonyl (C=O) groups excluding carboxylic acids is 2. The molecule has 0 radical (unpaired) electrons. The molecule has 0 saturated heterocycles. The number of ether oxygens (including phenoxy) is 2. The van der Waals surface area contributed by atoms with Crippen molar-refractivity contribution in [2.24, 2.45) is 5.92 Å². The molecule has 0 bridgehead atoms. The number of carbonyl (C=O) groups is 3. The van der Waals surface area contributed by atoms with Crippen molar-refractivity contribution in [1.29, 1.82) is 0 Å². The van der Waals surface area contributed by atoms with Gasteiger partial charge in [0.05, 0.1) is 6.61 Å². The Balaban J connectivity index is 1.70. The number of aliphatic carboxylic acids is 1. The molecular weight excluding hydrogens is 448 g/mol. The third kappa shape index (κ3) is 5.82. The van der Waals surface area contributed by atoms with Crippen LogP contribution in [0, 0.1) is 5.92 Å². The topological polar surface area (TPSA) is 114 Å². The van der Waals surface area contributed by atoms with E-state index in [1.807, 2.05) is 50.2 Å². The molecule has 0 saturated carbocycles. The third-order valence-corrected chi connectivity index (χ3v) is 6.43. The summed E-state index contributed by atoms with van der Waals surface area (Å²) in [6.07, 6.45) is -0.277. The minimum atomic E-state index is -1.58. The summed E-state index contributed by atoms with van der Waals surface area (Å²) in [7, 11) is 1.38. The van der Waals surface area contributed by atoms with Crippen molar-refractivity contribution in [3.8, 4) is 11.1 Å². The quantitative estimate of drug-likeness (QED) is 0.447. The molecule has 3 N–H and O–H groups in total. The Bertz CT molecular complexity index is 1020. The summed E-state index contributed by atoms with van der Waals surface area (Å²) in [4.78, 5) is 37.7. The van der Waals surface area contributed by atoms with Crippen LogP contribution in [0.3, 0.4) is 0 Å². The zero-order valence-corrected chi connectivity index (χ0v) is 20.7. The molecule has 0 spiro atoms. The highest BCUT2D eigenvalue weighted by Gasteiger charge is 2.40. The predicted molar refractivity (Wildman–Crippen MR) is 132 cm³/mol. The minimum absolute atomic E-state index is 0.0721. The number of rotatable bonds is 11. The summed E-state index contributed by atoms with van der Waals surface area (Å²) in [6.45, 7) is 5.42. The van der Waals surface area contributed by atoms with Gasteiger partial charge in [0.15, 0.2) is 5.54 Å². The van der Waals surface area contributed by atoms with Gasteiger partial charge in [-0.3, -0.25) is 4.79 Å². The van der Waals surface area contributed by atoms with Gasteiger partial charge in [-0.2, -0.15) is 0 Å². The number of hydrogen-bond acceptors (Lipinski definition) is 5. The van der Waals surface area contributed by atoms with E-state index in [0.29, 0.717) is 6.42 Å². The van der Waals surface area contributed by atoms with Gasteiger partial charge >= 0.3 is 12.1 Å². The molecule has 1 aliphatic rings. The number of alkyl carbamates (subject to hydrolysis) is 1. The fourth-order valence-electron chi connectivity index (χ4n) is 4.55. The lowest BCUT2D eigenvalue weighted by Gasteiger charge is -2.31. The van der Waals surface area contributed by atoms with Gasteiger partial charge in [-0.25, -0.2) is 9.59 Å². The Hall–Kier alpha value is -3.39. The number of methoxy groups -OCH3 is 1. The molecule has 35 heavy (non-hydrogen) atoms. The number of carboxylic acid groups (broad SMARTS) is 1. The molecule has 3 rings (SSSR count). The van der Waals surface area contributed by atoms with Crippen molar-refractivity contribution >= 4 is 18.0 Å². The Morgan fingerprint density at radius 2 is 1.60 bits per heavy atom. The Morgan fingerprint density at radius 1 is 1.03 bits per heavy atom. The first-order valence-electron chi connectivity index (χ1n) is 11.9. The summed E-state index contributed by atoms with van der Waals surface area (Å²) < 4.78 is 10.6. The van der Waals surface area contributed by atoms with E-state index in [1.165, 1.54) is 7.11 Å². The van der Waals surface area contributed by atoms with E-state index >= 15 is 0 Å². The first kappa shape index (κ1) is 26.2. The fourth-order valence-corrected chi connectivity index (χ4v) is 4.55. The van der Waals surface area contributed by atoms with Crippen molar-refractivity contribution in [3.63, 3.8) is 0 Å². The van der Waals surface area contributed by atoms with E-state index in [4.69, 9.17) is 9.47 Å². The Kier molecular flexibility index (Phi) is 8.51. The molecule has 2 aromatic carbocycles. The molecular formula is C27H34N2O6. The molecule has 0 aliphatic heterocycles. The zero-order chi connectivity index (χ0) is 25.6. The van der Waals surface area contributed by atoms with Gasteiger partial charge < -0.3 is 25.2 Å². The lowest BCUT2D eigenvalue weighted by Crippen LogP contribution is -2.61. The number of benzene rings is 2. The van der Waals surface area contributed by atoms with Gasteiger partial charge in [0.2, 0.25) is 5.91 Å². The van der Waals surface area contributed by atoms with Crippen molar-refractivity contribution in [2.75, 3.05) is 20.3 Å². The fraction of sp³-hybridized carbons (Fsp3) is 0.444. The smallest absolute Gasteiger partial charge is 0.407 e. The Labute approximate surface area is 206 Å². The van der Waals surface area contributed by atoms with Gasteiger partial charge in [0.1, 0.15) is 12.6 Å². The van der Waals surface area contributed by atoms with Gasteiger partial charge in [-0.15, -0.1) is 0 Å². The second-order valence-electron chi connectivity index (χ2n) is 9.32. The second kappa shape index (κ2) is 11.4. The molecule has 0 heterocycles. The standard InChI is InChI=1S/C27H34N2O6/c1-5-27(16-34-4,25(31)32)29-24(30)23(14-17(2)3)28-26(33)35-15-22-20-12-8-6-10-18(20)19-11-7-9-13-21(19)22/h6-13,17,22-23H,5,14-16H2,1-4H3,(H,28,33)(H,29,30)(H,31,32)/t23-,27?/m0/s1. The van der Waals surface area contributed by atoms with Gasteiger partial charge in [-0.05, 0) is 41.0 Å². The summed E-state index contributed by atoms with van der Waals surface area (Å²) in [5.41, 5.74) is 2.84. The van der Waals surface area contributed by atoms with Crippen LogP contribution in [0.25, 0.3) is 11.1 Å². The monoisotopic (exact) mass is 482 g/mol. The van der Waals surface area contributed by atoms with E-state index in [2.05, 4.69) is 22.8 Å². The molecule has 0 aromatic heterocycles. The van der Waals surface area contributed by atoms with Crippen molar-refractivity contribution in [3.05, 3.63) is 59.7 Å². The number of nitrogens with one attached hydrogen (secondary N) is 2. The van der Waals surface area contributed by atoms with Crippen LogP contribution < -0.4 is 10.6 Å². The van der Waals surface area contributed by atoms with E-state index in [9.17, 15) is 19.5 Å². The molecule has 188 valence electrons. The highest BCUT2D eigenvalue weighted by molar-refractivity contribution is 5.91. The number of fused-ring (bicyclic) bond motifs is 3. The average molecular weight is 483 g/mol. The number of hydrogen-bond donors (Lipinski definition) is 3. The van der Waals surface area contributed by atoms with Crippen molar-refractivity contribution < 1.29 is 29.0 Å². The van der Waals surface area contributed by atoms with E-state index in [-0.39, 0.29) is 31.5 Å². The van der Waals surface area contributed by atoms with Crippen molar-refractivity contribution in [2.45, 2.75) is 51.1 Å². The maximum absolute atomic E-state index is 13.1. The number of carboxylic acids is 1. The molecule has 2 amide bonds. The largest absolute Gasteiger partial charge is 0.479 e. The average Bonchev–Trinajstić information content (AvgIpc) is 3.15. The first-order chi connectivity index (χ1) is 16.7. The normalized spacial score (nSPS) is 15.0. The lowest BCUT2D eigenvalue weighted by atomic mass is 9.95. The summed E-state index contributed by atoms with van der Waals surface area (Å²) >= 11 is 0. The second-order valence-corrected chi connectivity index (χ2v) is 9.32. The SMILES string of the molecule is CCC(COC)(NC(=O)[C@H](CC(C)C)NC(=O)OCC1c2ccccc2-c2ccccc21)C(=O)O. The summed E-state index contributed by atoms with van der Waals surface area (Å²) in [5.74, 6) is -1.82. The van der Waals surface area contributed by atoms with E-state index < -0.39 is 29.6 Å². The molecule has 2 atom stereocenters. The Morgan fingerprint density at radius 3 is 2.09 bits per heavy atom. The van der Waals surface area contributed by atoms with Crippen LogP contribution in [-0.4, -0.2) is 55.0 Å². The molecule has 8 heteroatoms. The maximum atomic E-state index is 13.1. The maximum Gasteiger partial charge on any atom is 0.407 e. The summed E-state index contributed by atoms with van der Waals surface area (Å²) in [5, 5.41) is 14.9. The van der Waals surface area contributed by atoms with E-state index in [0.717, 1.165) is 22.3 Å². The van der Waals surface area contributed by atoms with Gasteiger partial charge in [0.25, 0.3) is 0 Å². The molecule has 1 aliphatic carbocycles. The highest BCUT2D eigenvalue weighted by Crippen LogP contribution is 2.44. The van der Waals surface area contributed by atoms with Gasteiger partial charge in [0, 0.05) is 13.0 Å². The number of amides is 2. The molecule has 2 aromatic rings. The summed E-state index contributed by atoms with van der Waals surface area (Å²) in [6, 6.07) is 15.1. The van der Waals surface area contributed by atoms with Crippen LogP contribution in [-0.2, 0) is 19.1 Å².